The molecule has 0 aliphatic heterocycles. The van der Waals surface area contributed by atoms with Crippen molar-refractivity contribution in [1.29, 1.82) is 0 Å². The van der Waals surface area contributed by atoms with E-state index in [9.17, 15) is 13.2 Å². The molecule has 1 rings (SSSR count). The highest BCUT2D eigenvalue weighted by atomic mass is 32.2. The fourth-order valence-corrected chi connectivity index (χ4v) is 2.25. The maximum atomic E-state index is 12.0. The van der Waals surface area contributed by atoms with Crippen molar-refractivity contribution in [3.63, 3.8) is 0 Å². The minimum absolute atomic E-state index is 0.101. The molecule has 0 aromatic rings. The van der Waals surface area contributed by atoms with Crippen LogP contribution in [-0.2, 0) is 0 Å². The van der Waals surface area contributed by atoms with Crippen LogP contribution in [-0.4, -0.2) is 23.8 Å². The van der Waals surface area contributed by atoms with Gasteiger partial charge in [0.05, 0.1) is 0 Å². The molecule has 0 aromatic carbocycles. The van der Waals surface area contributed by atoms with Crippen LogP contribution in [0.25, 0.3) is 0 Å². The van der Waals surface area contributed by atoms with Gasteiger partial charge in [-0.25, -0.2) is 0 Å². The first-order valence-corrected chi connectivity index (χ1v) is 6.81. The summed E-state index contributed by atoms with van der Waals surface area (Å²) in [6.45, 7) is 5.02. The molecule has 1 fully saturated rings. The van der Waals surface area contributed by atoms with Crippen molar-refractivity contribution in [3.8, 4) is 0 Å². The Morgan fingerprint density at radius 1 is 1.31 bits per heavy atom. The van der Waals surface area contributed by atoms with Crippen LogP contribution in [0.3, 0.4) is 0 Å². The minimum atomic E-state index is -4.08. The van der Waals surface area contributed by atoms with Crippen LogP contribution < -0.4 is 5.32 Å². The molecule has 0 amide bonds. The van der Waals surface area contributed by atoms with E-state index in [0.717, 1.165) is 6.54 Å². The van der Waals surface area contributed by atoms with E-state index in [1.807, 2.05) is 0 Å². The fraction of sp³-hybridized carbons (Fsp3) is 1.00. The van der Waals surface area contributed by atoms with Crippen molar-refractivity contribution in [3.05, 3.63) is 0 Å². The van der Waals surface area contributed by atoms with E-state index >= 15 is 0 Å². The lowest BCUT2D eigenvalue weighted by Gasteiger charge is -2.21. The molecule has 1 unspecified atom stereocenters. The monoisotopic (exact) mass is 255 g/mol. The van der Waals surface area contributed by atoms with Gasteiger partial charge in [0, 0.05) is 11.8 Å². The van der Waals surface area contributed by atoms with Gasteiger partial charge in [-0.1, -0.05) is 25.6 Å². The van der Waals surface area contributed by atoms with Crippen molar-refractivity contribution in [2.75, 3.05) is 12.3 Å². The summed E-state index contributed by atoms with van der Waals surface area (Å²) in [7, 11) is 0. The van der Waals surface area contributed by atoms with Crippen molar-refractivity contribution < 1.29 is 13.2 Å². The first-order valence-electron chi connectivity index (χ1n) is 5.82. The van der Waals surface area contributed by atoms with Crippen LogP contribution in [0.4, 0.5) is 13.2 Å². The molecule has 0 spiro atoms. The van der Waals surface area contributed by atoms with E-state index in [1.54, 1.807) is 0 Å². The van der Waals surface area contributed by atoms with E-state index in [0.29, 0.717) is 24.3 Å². The molecule has 1 nitrogen and oxygen atoms in total. The quantitative estimate of drug-likeness (QED) is 0.745. The Kier molecular flexibility index (Phi) is 5.44. The molecule has 1 atom stereocenters. The molecule has 0 bridgehead atoms. The SMILES string of the molecule is CC(C)C(CCSC(F)(F)F)CNC1CC1. The van der Waals surface area contributed by atoms with Gasteiger partial charge in [0.15, 0.2) is 0 Å². The Bertz CT molecular complexity index is 202. The van der Waals surface area contributed by atoms with Gasteiger partial charge in [0.25, 0.3) is 0 Å². The van der Waals surface area contributed by atoms with Gasteiger partial charge in [0.1, 0.15) is 0 Å². The Balaban J connectivity index is 2.16. The van der Waals surface area contributed by atoms with Crippen LogP contribution in [0.2, 0.25) is 0 Å². The van der Waals surface area contributed by atoms with Gasteiger partial charge >= 0.3 is 5.51 Å². The summed E-state index contributed by atoms with van der Waals surface area (Å²) >= 11 is 0.101. The molecule has 1 aliphatic carbocycles. The van der Waals surface area contributed by atoms with Crippen LogP contribution in [0.5, 0.6) is 0 Å². The fourth-order valence-electron chi connectivity index (χ4n) is 1.60. The normalized spacial score (nSPS) is 19.1. The molecule has 5 heteroatoms. The van der Waals surface area contributed by atoms with Gasteiger partial charge in [0.2, 0.25) is 0 Å². The van der Waals surface area contributed by atoms with Crippen molar-refractivity contribution in [1.82, 2.24) is 5.32 Å². The van der Waals surface area contributed by atoms with Crippen LogP contribution in [0.1, 0.15) is 33.1 Å². The summed E-state index contributed by atoms with van der Waals surface area (Å²) in [5, 5.41) is 3.40. The summed E-state index contributed by atoms with van der Waals surface area (Å²) in [5.74, 6) is 0.981. The van der Waals surface area contributed by atoms with Crippen LogP contribution in [0.15, 0.2) is 0 Å². The number of nitrogens with one attached hydrogen (secondary N) is 1. The molecule has 0 radical (unpaired) electrons. The topological polar surface area (TPSA) is 12.0 Å². The maximum Gasteiger partial charge on any atom is 0.441 e. The van der Waals surface area contributed by atoms with E-state index in [-0.39, 0.29) is 17.5 Å². The highest BCUT2D eigenvalue weighted by molar-refractivity contribution is 8.00. The minimum Gasteiger partial charge on any atom is -0.314 e. The second-order valence-electron chi connectivity index (χ2n) is 4.77. The average Bonchev–Trinajstić information content (AvgIpc) is 2.91. The van der Waals surface area contributed by atoms with E-state index < -0.39 is 5.51 Å². The lowest BCUT2D eigenvalue weighted by Crippen LogP contribution is -2.28. The summed E-state index contributed by atoms with van der Waals surface area (Å²) < 4.78 is 35.9. The zero-order valence-corrected chi connectivity index (χ0v) is 10.6. The second kappa shape index (κ2) is 6.15. The number of hydrogen-bond donors (Lipinski definition) is 1. The molecule has 16 heavy (non-hydrogen) atoms. The Morgan fingerprint density at radius 2 is 1.94 bits per heavy atom. The number of thioether (sulfide) groups is 1. The van der Waals surface area contributed by atoms with Crippen molar-refractivity contribution in [2.24, 2.45) is 11.8 Å². The predicted molar refractivity (Wildman–Crippen MR) is 62.5 cm³/mol. The molecule has 0 aromatic heterocycles. The molecule has 96 valence electrons. The molecule has 1 aliphatic rings. The number of hydrogen-bond acceptors (Lipinski definition) is 2. The molecule has 1 saturated carbocycles. The predicted octanol–water partition coefficient (Wildman–Crippen LogP) is 3.65. The lowest BCUT2D eigenvalue weighted by atomic mass is 9.93. The zero-order chi connectivity index (χ0) is 12.2. The van der Waals surface area contributed by atoms with Crippen LogP contribution in [0, 0.1) is 11.8 Å². The standard InChI is InChI=1S/C11H20F3NS/c1-8(2)9(7-15-10-3-4-10)5-6-16-11(12,13)14/h8-10,15H,3-7H2,1-2H3. The first kappa shape index (κ1) is 14.2. The van der Waals surface area contributed by atoms with Gasteiger partial charge < -0.3 is 5.32 Å². The number of rotatable bonds is 7. The first-order chi connectivity index (χ1) is 7.38. The summed E-state index contributed by atoms with van der Waals surface area (Å²) in [5.41, 5.74) is -4.08. The Morgan fingerprint density at radius 3 is 2.38 bits per heavy atom. The summed E-state index contributed by atoms with van der Waals surface area (Å²) in [6, 6.07) is 0.636. The molecule has 1 N–H and O–H groups in total. The van der Waals surface area contributed by atoms with E-state index in [1.165, 1.54) is 12.8 Å². The summed E-state index contributed by atoms with van der Waals surface area (Å²) in [4.78, 5) is 0. The van der Waals surface area contributed by atoms with Crippen molar-refractivity contribution in [2.45, 2.75) is 44.7 Å². The van der Waals surface area contributed by atoms with Gasteiger partial charge in [-0.2, -0.15) is 13.2 Å². The molecule has 0 saturated heterocycles. The Labute approximate surface area is 99.6 Å². The van der Waals surface area contributed by atoms with E-state index in [4.69, 9.17) is 0 Å². The Hall–Kier alpha value is 0.1000. The third kappa shape index (κ3) is 6.63. The van der Waals surface area contributed by atoms with Gasteiger partial charge in [-0.15, -0.1) is 0 Å². The third-order valence-corrected chi connectivity index (χ3v) is 3.71. The van der Waals surface area contributed by atoms with Crippen molar-refractivity contribution >= 4 is 11.8 Å². The molecular formula is C11H20F3NS. The number of halogens is 3. The highest BCUT2D eigenvalue weighted by Gasteiger charge is 2.29. The summed E-state index contributed by atoms with van der Waals surface area (Å²) in [6.07, 6.45) is 3.09. The van der Waals surface area contributed by atoms with Gasteiger partial charge in [-0.05, 0) is 37.6 Å². The number of alkyl halides is 3. The lowest BCUT2D eigenvalue weighted by molar-refractivity contribution is -0.0328. The largest absolute Gasteiger partial charge is 0.441 e. The van der Waals surface area contributed by atoms with Gasteiger partial charge in [-0.3, -0.25) is 0 Å². The second-order valence-corrected chi connectivity index (χ2v) is 5.93. The van der Waals surface area contributed by atoms with Crippen LogP contribution >= 0.6 is 11.8 Å². The molecule has 0 heterocycles. The third-order valence-electron chi connectivity index (χ3n) is 2.94. The maximum absolute atomic E-state index is 12.0. The molecular weight excluding hydrogens is 235 g/mol. The average molecular weight is 255 g/mol. The zero-order valence-electron chi connectivity index (χ0n) is 9.81. The highest BCUT2D eigenvalue weighted by Crippen LogP contribution is 2.32. The smallest absolute Gasteiger partial charge is 0.314 e. The van der Waals surface area contributed by atoms with E-state index in [2.05, 4.69) is 19.2 Å².